The smallest absolute Gasteiger partial charge is 0.207 e. The van der Waals surface area contributed by atoms with Crippen molar-refractivity contribution in [2.75, 3.05) is 13.1 Å². The molecule has 0 spiro atoms. The van der Waals surface area contributed by atoms with Crippen molar-refractivity contribution in [2.45, 2.75) is 26.4 Å². The Labute approximate surface area is 128 Å². The molecule has 1 saturated heterocycles. The van der Waals surface area contributed by atoms with Crippen LogP contribution in [-0.2, 0) is 6.67 Å². The number of benzene rings is 1. The average Bonchev–Trinajstić information content (AvgIpc) is 3.09. The van der Waals surface area contributed by atoms with Crippen LogP contribution >= 0.6 is 12.2 Å². The lowest BCUT2D eigenvalue weighted by molar-refractivity contribution is -0.911. The van der Waals surface area contributed by atoms with Gasteiger partial charge in [-0.25, -0.2) is 0 Å². The molecule has 0 aliphatic carbocycles. The summed E-state index contributed by atoms with van der Waals surface area (Å²) in [5, 5.41) is 5.99. The van der Waals surface area contributed by atoms with E-state index in [1.54, 1.807) is 4.90 Å². The van der Waals surface area contributed by atoms with Crippen LogP contribution in [0.3, 0.4) is 0 Å². The summed E-state index contributed by atoms with van der Waals surface area (Å²) >= 11 is 5.68. The van der Waals surface area contributed by atoms with Gasteiger partial charge in [-0.05, 0) is 36.8 Å². The minimum Gasteiger partial charge on any atom is -0.316 e. The van der Waals surface area contributed by atoms with E-state index in [0.717, 1.165) is 22.6 Å². The van der Waals surface area contributed by atoms with Crippen LogP contribution in [0.25, 0.3) is 16.6 Å². The van der Waals surface area contributed by atoms with E-state index < -0.39 is 0 Å². The van der Waals surface area contributed by atoms with Gasteiger partial charge in [0.1, 0.15) is 0 Å². The molecule has 4 nitrogen and oxygen atoms in total. The third kappa shape index (κ3) is 2.08. The van der Waals surface area contributed by atoms with Crippen molar-refractivity contribution in [1.29, 1.82) is 0 Å². The summed E-state index contributed by atoms with van der Waals surface area (Å²) in [6.07, 6.45) is 2.64. The first-order valence-corrected chi connectivity index (χ1v) is 7.96. The normalized spacial score (nSPS) is 16.2. The van der Waals surface area contributed by atoms with Gasteiger partial charge in [-0.1, -0.05) is 18.2 Å². The van der Waals surface area contributed by atoms with E-state index in [4.69, 9.17) is 17.3 Å². The van der Waals surface area contributed by atoms with Crippen molar-refractivity contribution < 1.29 is 4.90 Å². The van der Waals surface area contributed by atoms with Gasteiger partial charge in [0, 0.05) is 18.2 Å². The van der Waals surface area contributed by atoms with E-state index in [2.05, 4.69) is 41.7 Å². The fourth-order valence-corrected chi connectivity index (χ4v) is 3.66. The van der Waals surface area contributed by atoms with Crippen molar-refractivity contribution in [3.8, 4) is 0 Å². The van der Waals surface area contributed by atoms with Crippen LogP contribution in [0.2, 0.25) is 0 Å². The van der Waals surface area contributed by atoms with Gasteiger partial charge >= 0.3 is 0 Å². The van der Waals surface area contributed by atoms with Crippen LogP contribution in [0.1, 0.15) is 18.4 Å². The van der Waals surface area contributed by atoms with E-state index in [0.29, 0.717) is 0 Å². The molecule has 3 aromatic rings. The van der Waals surface area contributed by atoms with Crippen LogP contribution in [0.15, 0.2) is 30.3 Å². The maximum atomic E-state index is 5.68. The fourth-order valence-electron chi connectivity index (χ4n) is 3.37. The van der Waals surface area contributed by atoms with Crippen LogP contribution in [0.5, 0.6) is 0 Å². The number of fused-ring (bicyclic) bond motifs is 3. The average molecular weight is 299 g/mol. The Morgan fingerprint density at radius 1 is 1.24 bits per heavy atom. The SMILES string of the molecule is Cc1cc2nn(C[NH+]3CCCC3)c(=S)n2c2ccccc12. The topological polar surface area (TPSA) is 26.7 Å². The number of quaternary nitrogens is 1. The Kier molecular flexibility index (Phi) is 3.05. The van der Waals surface area contributed by atoms with Crippen molar-refractivity contribution in [3.05, 3.63) is 40.7 Å². The number of aryl methyl sites for hydroxylation is 1. The van der Waals surface area contributed by atoms with Crippen molar-refractivity contribution in [1.82, 2.24) is 14.2 Å². The molecule has 2 aromatic heterocycles. The number of aromatic nitrogens is 3. The molecule has 1 aliphatic rings. The molecule has 21 heavy (non-hydrogen) atoms. The first-order chi connectivity index (χ1) is 10.2. The Morgan fingerprint density at radius 3 is 2.81 bits per heavy atom. The van der Waals surface area contributed by atoms with E-state index >= 15 is 0 Å². The molecule has 0 unspecified atom stereocenters. The highest BCUT2D eigenvalue weighted by Gasteiger charge is 2.18. The van der Waals surface area contributed by atoms with E-state index in [-0.39, 0.29) is 0 Å². The van der Waals surface area contributed by atoms with Crippen LogP contribution in [0.4, 0.5) is 0 Å². The van der Waals surface area contributed by atoms with Crippen LogP contribution < -0.4 is 4.90 Å². The van der Waals surface area contributed by atoms with Gasteiger partial charge in [0.2, 0.25) is 4.77 Å². The molecule has 0 saturated carbocycles. The number of likely N-dealkylation sites (tertiary alicyclic amines) is 1. The summed E-state index contributed by atoms with van der Waals surface area (Å²) in [5.41, 5.74) is 3.36. The van der Waals surface area contributed by atoms with Crippen molar-refractivity contribution in [2.24, 2.45) is 0 Å². The lowest BCUT2D eigenvalue weighted by atomic mass is 10.1. The summed E-state index contributed by atoms with van der Waals surface area (Å²) in [7, 11) is 0. The van der Waals surface area contributed by atoms with E-state index in [1.807, 2.05) is 4.68 Å². The maximum absolute atomic E-state index is 5.68. The molecule has 1 N–H and O–H groups in total. The molecule has 3 heterocycles. The monoisotopic (exact) mass is 299 g/mol. The highest BCUT2D eigenvalue weighted by atomic mass is 32.1. The first kappa shape index (κ1) is 13.0. The molecule has 0 radical (unpaired) electrons. The first-order valence-electron chi connectivity index (χ1n) is 7.55. The van der Waals surface area contributed by atoms with Gasteiger partial charge in [-0.3, -0.25) is 4.40 Å². The maximum Gasteiger partial charge on any atom is 0.207 e. The Morgan fingerprint density at radius 2 is 2.00 bits per heavy atom. The Hall–Kier alpha value is -1.72. The number of para-hydroxylation sites is 1. The molecular formula is C16H19N4S+. The van der Waals surface area contributed by atoms with Crippen LogP contribution in [-0.4, -0.2) is 27.3 Å². The molecule has 1 aliphatic heterocycles. The standard InChI is InChI=1S/C16H18N4S/c1-12-10-15-17-19(11-18-8-4-5-9-18)16(21)20(15)14-7-3-2-6-13(12)14/h2-3,6-7,10H,4-5,8-9,11H2,1H3/p+1. The van der Waals surface area contributed by atoms with E-state index in [9.17, 15) is 0 Å². The summed E-state index contributed by atoms with van der Waals surface area (Å²) in [6.45, 7) is 5.48. The molecule has 5 heteroatoms. The largest absolute Gasteiger partial charge is 0.316 e. The van der Waals surface area contributed by atoms with Gasteiger partial charge in [-0.15, -0.1) is 5.10 Å². The lowest BCUT2D eigenvalue weighted by Gasteiger charge is -2.10. The third-order valence-electron chi connectivity index (χ3n) is 4.46. The summed E-state index contributed by atoms with van der Waals surface area (Å²) in [5.74, 6) is 0. The third-order valence-corrected chi connectivity index (χ3v) is 4.86. The predicted octanol–water partition coefficient (Wildman–Crippen LogP) is 1.96. The zero-order valence-electron chi connectivity index (χ0n) is 12.2. The lowest BCUT2D eigenvalue weighted by Crippen LogP contribution is -3.09. The fraction of sp³-hybridized carbons (Fsp3) is 0.375. The van der Waals surface area contributed by atoms with Gasteiger partial charge in [-0.2, -0.15) is 4.68 Å². The molecule has 0 amide bonds. The number of nitrogens with one attached hydrogen (secondary N) is 1. The molecular weight excluding hydrogens is 280 g/mol. The molecule has 1 fully saturated rings. The minimum atomic E-state index is 0.806. The number of pyridine rings is 1. The number of hydrogen-bond donors (Lipinski definition) is 1. The van der Waals surface area contributed by atoms with Gasteiger partial charge in [0.15, 0.2) is 12.3 Å². The quantitative estimate of drug-likeness (QED) is 0.732. The van der Waals surface area contributed by atoms with Gasteiger partial charge in [0.05, 0.1) is 18.6 Å². The minimum absolute atomic E-state index is 0.806. The zero-order valence-corrected chi connectivity index (χ0v) is 13.0. The summed E-state index contributed by atoms with van der Waals surface area (Å²) in [6, 6.07) is 10.5. The summed E-state index contributed by atoms with van der Waals surface area (Å²) in [4.78, 5) is 1.58. The van der Waals surface area contributed by atoms with Crippen molar-refractivity contribution in [3.63, 3.8) is 0 Å². The van der Waals surface area contributed by atoms with Gasteiger partial charge in [0.25, 0.3) is 0 Å². The summed E-state index contributed by atoms with van der Waals surface area (Å²) < 4.78 is 4.91. The molecule has 1 aromatic carbocycles. The van der Waals surface area contributed by atoms with E-state index in [1.165, 1.54) is 36.9 Å². The highest BCUT2D eigenvalue weighted by Crippen LogP contribution is 2.21. The molecule has 108 valence electrons. The number of hydrogen-bond acceptors (Lipinski definition) is 2. The molecule has 0 atom stereocenters. The van der Waals surface area contributed by atoms with Crippen molar-refractivity contribution >= 4 is 28.8 Å². The Bertz CT molecular complexity index is 871. The second-order valence-corrected chi connectivity index (χ2v) is 6.30. The predicted molar refractivity (Wildman–Crippen MR) is 86.2 cm³/mol. The van der Waals surface area contributed by atoms with Crippen LogP contribution in [0, 0.1) is 11.7 Å². The molecule has 0 bridgehead atoms. The highest BCUT2D eigenvalue weighted by molar-refractivity contribution is 7.71. The second kappa shape index (κ2) is 4.93. The second-order valence-electron chi connectivity index (χ2n) is 5.94. The Balaban J connectivity index is 1.93. The zero-order chi connectivity index (χ0) is 14.4. The number of rotatable bonds is 2. The molecule has 4 rings (SSSR count). The number of nitrogens with zero attached hydrogens (tertiary/aromatic N) is 3. The van der Waals surface area contributed by atoms with Gasteiger partial charge < -0.3 is 4.90 Å².